The molecule has 1 N–H and O–H groups in total. The van der Waals surface area contributed by atoms with Crippen molar-refractivity contribution in [2.45, 2.75) is 12.7 Å². The second-order valence-electron chi connectivity index (χ2n) is 5.54. The average Bonchev–Trinajstić information content (AvgIpc) is 3.24. The molecule has 0 aliphatic carbocycles. The molecule has 0 aliphatic heterocycles. The largest absolute Gasteiger partial charge is 0.281 e. The van der Waals surface area contributed by atoms with Gasteiger partial charge >= 0.3 is 0 Å². The van der Waals surface area contributed by atoms with E-state index in [9.17, 15) is 9.59 Å². The number of amides is 1. The third kappa shape index (κ3) is 3.37. The van der Waals surface area contributed by atoms with Gasteiger partial charge in [-0.15, -0.1) is 34.4 Å². The number of thiazole rings is 1. The van der Waals surface area contributed by atoms with Crippen LogP contribution >= 0.6 is 34.4 Å². The van der Waals surface area contributed by atoms with Gasteiger partial charge in [-0.1, -0.05) is 12.1 Å². The van der Waals surface area contributed by atoms with E-state index in [-0.39, 0.29) is 17.2 Å². The molecule has 0 aliphatic rings. The molecule has 0 saturated carbocycles. The third-order valence-corrected chi connectivity index (χ3v) is 6.67. The van der Waals surface area contributed by atoms with E-state index in [1.54, 1.807) is 24.3 Å². The number of aryl methyl sites for hydroxylation is 1. The van der Waals surface area contributed by atoms with Gasteiger partial charge in [0.15, 0.2) is 0 Å². The van der Waals surface area contributed by atoms with E-state index in [0.717, 1.165) is 15.2 Å². The van der Waals surface area contributed by atoms with Crippen molar-refractivity contribution in [3.05, 3.63) is 56.9 Å². The Morgan fingerprint density at radius 1 is 1.27 bits per heavy atom. The zero-order chi connectivity index (χ0) is 18.1. The zero-order valence-corrected chi connectivity index (χ0v) is 16.2. The predicted molar refractivity (Wildman–Crippen MR) is 109 cm³/mol. The van der Waals surface area contributed by atoms with Gasteiger partial charge in [0, 0.05) is 5.75 Å². The number of para-hydroxylation sites is 1. The molecule has 4 rings (SSSR count). The van der Waals surface area contributed by atoms with Crippen molar-refractivity contribution in [2.75, 3.05) is 11.2 Å². The molecule has 4 aromatic rings. The number of thiophene rings is 1. The van der Waals surface area contributed by atoms with Gasteiger partial charge in [-0.3, -0.25) is 15.0 Å². The van der Waals surface area contributed by atoms with Crippen LogP contribution in [0.4, 0.5) is 0 Å². The van der Waals surface area contributed by atoms with Gasteiger partial charge < -0.3 is 0 Å². The molecule has 0 unspecified atom stereocenters. The minimum absolute atomic E-state index is 0.238. The first kappa shape index (κ1) is 17.2. The Morgan fingerprint density at radius 2 is 2.12 bits per heavy atom. The van der Waals surface area contributed by atoms with Crippen molar-refractivity contribution in [3.8, 4) is 0 Å². The molecule has 1 amide bonds. The number of carbonyl (C=O) groups is 1. The van der Waals surface area contributed by atoms with Crippen molar-refractivity contribution in [1.82, 2.24) is 14.6 Å². The van der Waals surface area contributed by atoms with E-state index in [0.29, 0.717) is 21.8 Å². The maximum Gasteiger partial charge on any atom is 0.281 e. The highest BCUT2D eigenvalue weighted by molar-refractivity contribution is 7.99. The summed E-state index contributed by atoms with van der Waals surface area (Å²) in [6, 6.07) is 9.69. The normalized spacial score (nSPS) is 11.3. The SMILES string of the molecule is Cc1nc2sccc2c(=O)n1NC(=O)CSCc1nc2ccccc2s1. The lowest BCUT2D eigenvalue weighted by atomic mass is 10.3. The summed E-state index contributed by atoms with van der Waals surface area (Å²) in [6.45, 7) is 1.70. The summed E-state index contributed by atoms with van der Waals surface area (Å²) in [6.07, 6.45) is 0. The van der Waals surface area contributed by atoms with Crippen molar-refractivity contribution in [2.24, 2.45) is 0 Å². The van der Waals surface area contributed by atoms with Crippen LogP contribution in [0.2, 0.25) is 0 Å². The van der Waals surface area contributed by atoms with Crippen LogP contribution in [0.15, 0.2) is 40.5 Å². The van der Waals surface area contributed by atoms with E-state index < -0.39 is 0 Å². The lowest BCUT2D eigenvalue weighted by Crippen LogP contribution is -2.36. The van der Waals surface area contributed by atoms with Gasteiger partial charge in [-0.2, -0.15) is 0 Å². The Morgan fingerprint density at radius 3 is 2.96 bits per heavy atom. The molecular weight excluding hydrogens is 388 g/mol. The number of fused-ring (bicyclic) bond motifs is 2. The number of rotatable bonds is 5. The molecule has 9 heteroatoms. The molecule has 132 valence electrons. The number of thioether (sulfide) groups is 1. The fourth-order valence-corrected chi connectivity index (χ4v) is 5.16. The minimum Gasteiger partial charge on any atom is -0.272 e. The number of benzene rings is 1. The molecule has 0 saturated heterocycles. The van der Waals surface area contributed by atoms with E-state index in [1.165, 1.54) is 27.8 Å². The van der Waals surface area contributed by atoms with E-state index in [1.807, 2.05) is 29.6 Å². The van der Waals surface area contributed by atoms with Crippen LogP contribution in [0, 0.1) is 6.92 Å². The van der Waals surface area contributed by atoms with Gasteiger partial charge in [0.2, 0.25) is 5.91 Å². The maximum atomic E-state index is 12.4. The molecule has 0 radical (unpaired) electrons. The minimum atomic E-state index is -0.252. The summed E-state index contributed by atoms with van der Waals surface area (Å²) in [5.74, 6) is 1.12. The van der Waals surface area contributed by atoms with Gasteiger partial charge in [0.25, 0.3) is 5.56 Å². The van der Waals surface area contributed by atoms with Crippen LogP contribution in [-0.2, 0) is 10.5 Å². The fraction of sp³-hybridized carbons (Fsp3) is 0.176. The van der Waals surface area contributed by atoms with Crippen LogP contribution in [0.3, 0.4) is 0 Å². The smallest absolute Gasteiger partial charge is 0.272 e. The summed E-state index contributed by atoms with van der Waals surface area (Å²) in [7, 11) is 0. The van der Waals surface area contributed by atoms with Crippen LogP contribution in [-0.4, -0.2) is 26.3 Å². The molecule has 1 aromatic carbocycles. The molecule has 3 aromatic heterocycles. The number of nitrogens with zero attached hydrogens (tertiary/aromatic N) is 3. The molecule has 3 heterocycles. The number of nitrogens with one attached hydrogen (secondary N) is 1. The lowest BCUT2D eigenvalue weighted by Gasteiger charge is -2.10. The summed E-state index contributed by atoms with van der Waals surface area (Å²) >= 11 is 4.51. The van der Waals surface area contributed by atoms with Crippen molar-refractivity contribution in [1.29, 1.82) is 0 Å². The number of hydrogen-bond acceptors (Lipinski definition) is 7. The van der Waals surface area contributed by atoms with Crippen LogP contribution < -0.4 is 11.0 Å². The molecule has 26 heavy (non-hydrogen) atoms. The quantitative estimate of drug-likeness (QED) is 0.554. The van der Waals surface area contributed by atoms with Crippen LogP contribution in [0.25, 0.3) is 20.4 Å². The second-order valence-corrected chi connectivity index (χ2v) is 8.54. The Bertz CT molecular complexity index is 1130. The highest BCUT2D eigenvalue weighted by atomic mass is 32.2. The topological polar surface area (TPSA) is 76.9 Å². The Balaban J connectivity index is 1.40. The maximum absolute atomic E-state index is 12.4. The lowest BCUT2D eigenvalue weighted by molar-refractivity contribution is -0.114. The first-order valence-electron chi connectivity index (χ1n) is 7.81. The van der Waals surface area contributed by atoms with Crippen molar-refractivity contribution in [3.63, 3.8) is 0 Å². The Hall–Kier alpha value is -2.23. The van der Waals surface area contributed by atoms with Crippen LogP contribution in [0.5, 0.6) is 0 Å². The van der Waals surface area contributed by atoms with Crippen molar-refractivity contribution >= 4 is 60.8 Å². The highest BCUT2D eigenvalue weighted by Crippen LogP contribution is 2.24. The predicted octanol–water partition coefficient (Wildman–Crippen LogP) is 3.38. The standard InChI is InChI=1S/C17H14N4O2S3/c1-10-18-16-11(6-7-25-16)17(23)21(10)20-14(22)8-24-9-15-19-12-4-2-3-5-13(12)26-15/h2-7H,8-9H2,1H3,(H,20,22). The molecule has 6 nitrogen and oxygen atoms in total. The summed E-state index contributed by atoms with van der Waals surface area (Å²) in [5.41, 5.74) is 3.37. The van der Waals surface area contributed by atoms with E-state index >= 15 is 0 Å². The highest BCUT2D eigenvalue weighted by Gasteiger charge is 2.12. The van der Waals surface area contributed by atoms with Gasteiger partial charge in [-0.05, 0) is 30.5 Å². The first-order chi connectivity index (χ1) is 12.6. The molecule has 0 bridgehead atoms. The molecule has 0 fully saturated rings. The van der Waals surface area contributed by atoms with E-state index in [2.05, 4.69) is 15.4 Å². The third-order valence-electron chi connectivity index (χ3n) is 3.70. The fourth-order valence-electron chi connectivity index (χ4n) is 2.52. The summed E-state index contributed by atoms with van der Waals surface area (Å²) < 4.78 is 2.36. The first-order valence-corrected chi connectivity index (χ1v) is 10.7. The van der Waals surface area contributed by atoms with Gasteiger partial charge in [-0.25, -0.2) is 14.6 Å². The summed E-state index contributed by atoms with van der Waals surface area (Å²) in [5, 5.41) is 3.32. The molecule has 0 spiro atoms. The Labute approximate surface area is 160 Å². The number of hydrogen-bond donors (Lipinski definition) is 1. The average molecular weight is 403 g/mol. The van der Waals surface area contributed by atoms with Crippen molar-refractivity contribution < 1.29 is 4.79 Å². The molecule has 0 atom stereocenters. The number of carbonyl (C=O) groups excluding carboxylic acids is 1. The van der Waals surface area contributed by atoms with Gasteiger partial charge in [0.1, 0.15) is 15.7 Å². The second kappa shape index (κ2) is 7.18. The van der Waals surface area contributed by atoms with Gasteiger partial charge in [0.05, 0.1) is 21.4 Å². The number of aromatic nitrogens is 3. The summed E-state index contributed by atoms with van der Waals surface area (Å²) in [4.78, 5) is 34.2. The zero-order valence-electron chi connectivity index (χ0n) is 13.8. The molecular formula is C17H14N4O2S3. The monoisotopic (exact) mass is 402 g/mol. The van der Waals surface area contributed by atoms with E-state index in [4.69, 9.17) is 0 Å². The van der Waals surface area contributed by atoms with Crippen LogP contribution in [0.1, 0.15) is 10.8 Å². The Kier molecular flexibility index (Phi) is 4.75.